The van der Waals surface area contributed by atoms with Gasteiger partial charge in [-0.25, -0.2) is 9.97 Å². The van der Waals surface area contributed by atoms with Crippen molar-refractivity contribution in [1.29, 1.82) is 0 Å². The van der Waals surface area contributed by atoms with Gasteiger partial charge in [-0.2, -0.15) is 0 Å². The minimum absolute atomic E-state index is 0.175. The van der Waals surface area contributed by atoms with Gasteiger partial charge >= 0.3 is 6.36 Å². The van der Waals surface area contributed by atoms with Crippen molar-refractivity contribution in [2.45, 2.75) is 46.1 Å². The van der Waals surface area contributed by atoms with E-state index in [0.29, 0.717) is 25.3 Å². The smallest absolute Gasteiger partial charge is 0.406 e. The van der Waals surface area contributed by atoms with Crippen LogP contribution in [-0.2, 0) is 13.0 Å². The van der Waals surface area contributed by atoms with Crippen molar-refractivity contribution in [2.24, 2.45) is 0 Å². The monoisotopic (exact) mass is 366 g/mol. The molecule has 0 amide bonds. The summed E-state index contributed by atoms with van der Waals surface area (Å²) in [5.41, 5.74) is 1.84. The Labute approximate surface area is 150 Å². The number of halogens is 3. The zero-order valence-corrected chi connectivity index (χ0v) is 14.9. The Morgan fingerprint density at radius 2 is 1.92 bits per heavy atom. The molecule has 0 fully saturated rings. The summed E-state index contributed by atoms with van der Waals surface area (Å²) < 4.78 is 41.1. The van der Waals surface area contributed by atoms with Crippen molar-refractivity contribution >= 4 is 11.6 Å². The molecule has 0 spiro atoms. The number of aryl methyl sites for hydroxylation is 1. The zero-order chi connectivity index (χ0) is 18.9. The first kappa shape index (κ1) is 18.3. The second-order valence-electron chi connectivity index (χ2n) is 6.61. The van der Waals surface area contributed by atoms with Gasteiger partial charge in [-0.05, 0) is 50.5 Å². The Bertz CT molecular complexity index is 792. The van der Waals surface area contributed by atoms with E-state index >= 15 is 0 Å². The van der Waals surface area contributed by atoms with Gasteiger partial charge in [0.25, 0.3) is 0 Å². The van der Waals surface area contributed by atoms with Gasteiger partial charge in [0.05, 0.1) is 0 Å². The number of anilines is 2. The molecule has 0 atom stereocenters. The third kappa shape index (κ3) is 4.56. The second kappa shape index (κ2) is 7.01. The van der Waals surface area contributed by atoms with Crippen LogP contribution in [0.1, 0.15) is 30.8 Å². The van der Waals surface area contributed by atoms with Gasteiger partial charge in [-0.3, -0.25) is 0 Å². The van der Waals surface area contributed by atoms with Crippen LogP contribution in [0.15, 0.2) is 24.3 Å². The molecule has 2 heterocycles. The third-order valence-electron chi connectivity index (χ3n) is 4.01. The molecule has 1 N–H and O–H groups in total. The minimum Gasteiger partial charge on any atom is -0.406 e. The van der Waals surface area contributed by atoms with Crippen LogP contribution in [0.2, 0.25) is 0 Å². The molecule has 1 aliphatic rings. The lowest BCUT2D eigenvalue weighted by Gasteiger charge is -2.30. The molecule has 0 unspecified atom stereocenters. The molecule has 0 saturated carbocycles. The molecule has 0 saturated heterocycles. The molecular weight excluding hydrogens is 345 g/mol. The van der Waals surface area contributed by atoms with Crippen LogP contribution in [0.3, 0.4) is 0 Å². The van der Waals surface area contributed by atoms with E-state index in [-0.39, 0.29) is 11.8 Å². The van der Waals surface area contributed by atoms with Gasteiger partial charge in [0.1, 0.15) is 23.2 Å². The molecule has 8 heteroatoms. The van der Waals surface area contributed by atoms with Gasteiger partial charge in [-0.1, -0.05) is 6.07 Å². The highest BCUT2D eigenvalue weighted by molar-refractivity contribution is 5.52. The molecule has 3 rings (SSSR count). The Morgan fingerprint density at radius 1 is 1.15 bits per heavy atom. The van der Waals surface area contributed by atoms with Gasteiger partial charge in [0.2, 0.25) is 0 Å². The van der Waals surface area contributed by atoms with Crippen molar-refractivity contribution in [3.63, 3.8) is 0 Å². The number of hydrogen-bond donors (Lipinski definition) is 1. The van der Waals surface area contributed by atoms with Crippen LogP contribution >= 0.6 is 0 Å². The number of aromatic nitrogens is 2. The Hall–Kier alpha value is -2.51. The van der Waals surface area contributed by atoms with E-state index in [2.05, 4.69) is 24.9 Å². The number of hydrogen-bond acceptors (Lipinski definition) is 5. The topological polar surface area (TPSA) is 50.3 Å². The van der Waals surface area contributed by atoms with Crippen LogP contribution in [0.5, 0.6) is 5.75 Å². The first-order valence-corrected chi connectivity index (χ1v) is 8.44. The van der Waals surface area contributed by atoms with Crippen molar-refractivity contribution < 1.29 is 17.9 Å². The summed E-state index contributed by atoms with van der Waals surface area (Å²) in [6, 6.07) is 6.67. The first-order valence-electron chi connectivity index (χ1n) is 8.44. The maximum Gasteiger partial charge on any atom is 0.573 e. The van der Waals surface area contributed by atoms with Crippen molar-refractivity contribution in [2.75, 3.05) is 16.8 Å². The number of rotatable bonds is 4. The van der Waals surface area contributed by atoms with Crippen LogP contribution in [0.4, 0.5) is 24.8 Å². The Morgan fingerprint density at radius 3 is 2.62 bits per heavy atom. The van der Waals surface area contributed by atoms with Crippen LogP contribution in [0.25, 0.3) is 0 Å². The predicted molar refractivity (Wildman–Crippen MR) is 93.4 cm³/mol. The summed E-state index contributed by atoms with van der Waals surface area (Å²) in [7, 11) is 0. The van der Waals surface area contributed by atoms with E-state index in [1.54, 1.807) is 6.07 Å². The van der Waals surface area contributed by atoms with E-state index < -0.39 is 6.36 Å². The number of benzene rings is 1. The number of nitrogens with one attached hydrogen (secondary N) is 1. The van der Waals surface area contributed by atoms with Crippen LogP contribution < -0.4 is 15.0 Å². The normalized spacial score (nSPS) is 14.3. The summed E-state index contributed by atoms with van der Waals surface area (Å²) in [5, 5.41) is 3.27. The quantitative estimate of drug-likeness (QED) is 0.884. The molecule has 1 aliphatic heterocycles. The zero-order valence-electron chi connectivity index (χ0n) is 14.9. The minimum atomic E-state index is -4.67. The molecule has 0 radical (unpaired) electrons. The van der Waals surface area contributed by atoms with Crippen molar-refractivity contribution in [1.82, 2.24) is 9.97 Å². The Balaban J connectivity index is 1.79. The Kier molecular flexibility index (Phi) is 4.93. The molecule has 140 valence electrons. The van der Waals surface area contributed by atoms with Crippen LogP contribution in [0, 0.1) is 6.92 Å². The summed E-state index contributed by atoms with van der Waals surface area (Å²) in [5.74, 6) is 2.07. The summed E-state index contributed by atoms with van der Waals surface area (Å²) in [4.78, 5) is 11.0. The highest BCUT2D eigenvalue weighted by Gasteiger charge is 2.31. The van der Waals surface area contributed by atoms with Crippen molar-refractivity contribution in [3.8, 4) is 5.75 Å². The molecule has 26 heavy (non-hydrogen) atoms. The van der Waals surface area contributed by atoms with Crippen molar-refractivity contribution in [3.05, 3.63) is 41.2 Å². The standard InChI is InChI=1S/C18H21F3N4O/c1-11(2)22-16-9-17(24-12(3)23-16)25-7-6-13-8-15(26-18(19,20)21)5-4-14(13)10-25/h4-5,8-9,11H,6-7,10H2,1-3H3,(H,22,23,24). The maximum absolute atomic E-state index is 12.4. The third-order valence-corrected chi connectivity index (χ3v) is 4.01. The average molecular weight is 366 g/mol. The average Bonchev–Trinajstić information content (AvgIpc) is 2.51. The molecule has 5 nitrogen and oxygen atoms in total. The first-order chi connectivity index (χ1) is 12.2. The van der Waals surface area contributed by atoms with E-state index in [9.17, 15) is 13.2 Å². The summed E-state index contributed by atoms with van der Waals surface area (Å²) in [6.45, 7) is 7.16. The molecule has 1 aromatic heterocycles. The lowest BCUT2D eigenvalue weighted by Crippen LogP contribution is -2.31. The molecule has 0 aliphatic carbocycles. The fourth-order valence-corrected chi connectivity index (χ4v) is 3.01. The van der Waals surface area contributed by atoms with Gasteiger partial charge in [0, 0.05) is 25.2 Å². The lowest BCUT2D eigenvalue weighted by atomic mass is 9.99. The lowest BCUT2D eigenvalue weighted by molar-refractivity contribution is -0.274. The fourth-order valence-electron chi connectivity index (χ4n) is 3.01. The molecule has 1 aromatic carbocycles. The highest BCUT2D eigenvalue weighted by atomic mass is 19.4. The number of alkyl halides is 3. The highest BCUT2D eigenvalue weighted by Crippen LogP contribution is 2.29. The predicted octanol–water partition coefficient (Wildman–Crippen LogP) is 4.07. The van der Waals surface area contributed by atoms with Gasteiger partial charge < -0.3 is 15.0 Å². The van der Waals surface area contributed by atoms with Gasteiger partial charge in [0.15, 0.2) is 0 Å². The molecular formula is C18H21F3N4O. The SMILES string of the molecule is Cc1nc(NC(C)C)cc(N2CCc3cc(OC(F)(F)F)ccc3C2)n1. The summed E-state index contributed by atoms with van der Waals surface area (Å²) in [6.07, 6.45) is -4.05. The largest absolute Gasteiger partial charge is 0.573 e. The number of ether oxygens (including phenoxy) is 1. The maximum atomic E-state index is 12.4. The second-order valence-corrected chi connectivity index (χ2v) is 6.61. The molecule has 0 bridgehead atoms. The molecule has 2 aromatic rings. The van der Waals surface area contributed by atoms with Crippen LogP contribution in [-0.4, -0.2) is 28.9 Å². The summed E-state index contributed by atoms with van der Waals surface area (Å²) >= 11 is 0. The van der Waals surface area contributed by atoms with E-state index in [1.165, 1.54) is 12.1 Å². The fraction of sp³-hybridized carbons (Fsp3) is 0.444. The van der Waals surface area contributed by atoms with Gasteiger partial charge in [-0.15, -0.1) is 13.2 Å². The van der Waals surface area contributed by atoms with E-state index in [4.69, 9.17) is 0 Å². The van der Waals surface area contributed by atoms with E-state index in [0.717, 1.165) is 22.8 Å². The number of nitrogens with zero attached hydrogens (tertiary/aromatic N) is 3. The van der Waals surface area contributed by atoms with E-state index in [1.807, 2.05) is 26.8 Å². The number of fused-ring (bicyclic) bond motifs is 1.